The Labute approximate surface area is 180 Å². The van der Waals surface area contributed by atoms with E-state index in [2.05, 4.69) is 32.9 Å². The third-order valence-corrected chi connectivity index (χ3v) is 7.60. The van der Waals surface area contributed by atoms with E-state index in [4.69, 9.17) is 9.47 Å². The molecule has 3 rings (SSSR count). The van der Waals surface area contributed by atoms with E-state index in [1.54, 1.807) is 0 Å². The number of ether oxygens (including phenoxy) is 2. The minimum absolute atomic E-state index is 0.0890. The van der Waals surface area contributed by atoms with Gasteiger partial charge in [-0.15, -0.1) is 0 Å². The molecule has 0 amide bonds. The topological polar surface area (TPSA) is 72.8 Å². The van der Waals surface area contributed by atoms with Crippen LogP contribution in [0.25, 0.3) is 0 Å². The van der Waals surface area contributed by atoms with Crippen LogP contribution in [0.15, 0.2) is 23.3 Å². The summed E-state index contributed by atoms with van der Waals surface area (Å²) >= 11 is 0. The first kappa shape index (κ1) is 23.1. The maximum Gasteiger partial charge on any atom is 0.308 e. The van der Waals surface area contributed by atoms with Gasteiger partial charge in [0.15, 0.2) is 0 Å². The monoisotopic (exact) mass is 418 g/mol. The summed E-state index contributed by atoms with van der Waals surface area (Å²) in [4.78, 5) is 24.3. The van der Waals surface area contributed by atoms with Gasteiger partial charge in [-0.1, -0.05) is 45.4 Å². The van der Waals surface area contributed by atoms with Crippen LogP contribution in [0.3, 0.4) is 0 Å². The van der Waals surface area contributed by atoms with Crippen molar-refractivity contribution in [1.82, 2.24) is 0 Å². The zero-order valence-electron chi connectivity index (χ0n) is 19.1. The van der Waals surface area contributed by atoms with Crippen LogP contribution < -0.4 is 0 Å². The summed E-state index contributed by atoms with van der Waals surface area (Å²) < 4.78 is 11.6. The Morgan fingerprint density at radius 1 is 1.30 bits per heavy atom. The van der Waals surface area contributed by atoms with Crippen molar-refractivity contribution in [3.05, 3.63) is 23.3 Å². The van der Waals surface area contributed by atoms with E-state index in [1.165, 1.54) is 11.1 Å². The van der Waals surface area contributed by atoms with Crippen LogP contribution in [0.1, 0.15) is 73.1 Å². The van der Waals surface area contributed by atoms with E-state index in [0.29, 0.717) is 24.2 Å². The molecule has 168 valence electrons. The van der Waals surface area contributed by atoms with Crippen molar-refractivity contribution in [2.45, 2.75) is 91.5 Å². The second-order valence-electron chi connectivity index (χ2n) is 9.75. The van der Waals surface area contributed by atoms with E-state index >= 15 is 0 Å². The van der Waals surface area contributed by atoms with E-state index in [-0.39, 0.29) is 42.4 Å². The molecule has 8 atom stereocenters. The molecule has 0 bridgehead atoms. The number of hydrogen-bond donors (Lipinski definition) is 1. The summed E-state index contributed by atoms with van der Waals surface area (Å²) in [6.07, 6.45) is 7.43. The highest BCUT2D eigenvalue weighted by molar-refractivity contribution is 5.72. The van der Waals surface area contributed by atoms with Gasteiger partial charge in [-0.25, -0.2) is 0 Å². The van der Waals surface area contributed by atoms with Crippen LogP contribution in [0.5, 0.6) is 0 Å². The highest BCUT2D eigenvalue weighted by atomic mass is 16.5. The highest BCUT2D eigenvalue weighted by Crippen LogP contribution is 2.47. The van der Waals surface area contributed by atoms with Crippen molar-refractivity contribution < 1.29 is 24.2 Å². The molecule has 0 radical (unpaired) electrons. The van der Waals surface area contributed by atoms with Gasteiger partial charge in [0.05, 0.1) is 18.4 Å². The smallest absolute Gasteiger partial charge is 0.308 e. The van der Waals surface area contributed by atoms with Gasteiger partial charge in [-0.05, 0) is 55.9 Å². The molecule has 5 nitrogen and oxygen atoms in total. The lowest BCUT2D eigenvalue weighted by atomic mass is 9.63. The Morgan fingerprint density at radius 2 is 2.03 bits per heavy atom. The molecule has 1 fully saturated rings. The van der Waals surface area contributed by atoms with Gasteiger partial charge in [-0.3, -0.25) is 9.59 Å². The summed E-state index contributed by atoms with van der Waals surface area (Å²) in [5.74, 6) is 0.748. The van der Waals surface area contributed by atoms with E-state index in [9.17, 15) is 14.7 Å². The predicted octanol–water partition coefficient (Wildman–Crippen LogP) is 4.59. The number of carbonyl (C=O) groups is 2. The first-order chi connectivity index (χ1) is 14.2. The molecule has 1 heterocycles. The second kappa shape index (κ2) is 9.67. The number of hydrogen-bond acceptors (Lipinski definition) is 5. The van der Waals surface area contributed by atoms with Crippen molar-refractivity contribution in [2.24, 2.45) is 29.6 Å². The van der Waals surface area contributed by atoms with Gasteiger partial charge in [0.1, 0.15) is 12.2 Å². The SMILES string of the molecule is CCC(C)C(=O)OC1CC(C)C(C)=C2C=CC(C)C(CCC3CC(O)CC(=O)O3)C21. The van der Waals surface area contributed by atoms with Gasteiger partial charge < -0.3 is 14.6 Å². The first-order valence-corrected chi connectivity index (χ1v) is 11.7. The molecule has 1 saturated heterocycles. The molecule has 1 N–H and O–H groups in total. The third-order valence-electron chi connectivity index (χ3n) is 7.60. The number of aliphatic hydroxyl groups excluding tert-OH is 1. The predicted molar refractivity (Wildman–Crippen MR) is 115 cm³/mol. The highest BCUT2D eigenvalue weighted by Gasteiger charge is 2.43. The van der Waals surface area contributed by atoms with Crippen LogP contribution in [0, 0.1) is 29.6 Å². The molecular weight excluding hydrogens is 380 g/mol. The first-order valence-electron chi connectivity index (χ1n) is 11.7. The lowest BCUT2D eigenvalue weighted by Gasteiger charge is -2.45. The van der Waals surface area contributed by atoms with E-state index in [0.717, 1.165) is 25.7 Å². The summed E-state index contributed by atoms with van der Waals surface area (Å²) in [5, 5.41) is 9.93. The third kappa shape index (κ3) is 4.99. The normalized spacial score (nSPS) is 37.4. The van der Waals surface area contributed by atoms with Crippen molar-refractivity contribution in [2.75, 3.05) is 0 Å². The molecule has 0 spiro atoms. The Morgan fingerprint density at radius 3 is 2.70 bits per heavy atom. The molecule has 1 aliphatic heterocycles. The molecule has 8 unspecified atom stereocenters. The Kier molecular flexibility index (Phi) is 7.43. The average Bonchev–Trinajstić information content (AvgIpc) is 2.69. The Bertz CT molecular complexity index is 708. The van der Waals surface area contributed by atoms with E-state index in [1.807, 2.05) is 13.8 Å². The standard InChI is InChI=1S/C25H38O5/c1-6-14(2)25(28)30-22-11-16(4)17(5)21-9-7-15(3)20(24(21)22)10-8-19-12-18(26)13-23(27)29-19/h7,9,14-16,18-20,22,24,26H,6,8,10-13H2,1-5H3. The van der Waals surface area contributed by atoms with Gasteiger partial charge in [0.2, 0.25) is 0 Å². The maximum atomic E-state index is 12.6. The van der Waals surface area contributed by atoms with Crippen LogP contribution in [-0.2, 0) is 19.1 Å². The quantitative estimate of drug-likeness (QED) is 0.639. The number of carbonyl (C=O) groups excluding carboxylic acids is 2. The number of esters is 2. The average molecular weight is 419 g/mol. The fourth-order valence-corrected chi connectivity index (χ4v) is 5.31. The number of allylic oxidation sites excluding steroid dienone is 3. The van der Waals surface area contributed by atoms with Gasteiger partial charge in [-0.2, -0.15) is 0 Å². The number of rotatable bonds is 6. The summed E-state index contributed by atoms with van der Waals surface area (Å²) in [6.45, 7) is 10.6. The molecule has 3 aliphatic rings. The largest absolute Gasteiger partial charge is 0.462 e. The number of fused-ring (bicyclic) bond motifs is 1. The molecule has 30 heavy (non-hydrogen) atoms. The molecule has 5 heteroatoms. The summed E-state index contributed by atoms with van der Waals surface area (Å²) in [5.41, 5.74) is 2.71. The van der Waals surface area contributed by atoms with Crippen molar-refractivity contribution in [3.8, 4) is 0 Å². The van der Waals surface area contributed by atoms with Crippen molar-refractivity contribution >= 4 is 11.9 Å². The fourth-order valence-electron chi connectivity index (χ4n) is 5.31. The molecule has 2 aliphatic carbocycles. The van der Waals surface area contributed by atoms with E-state index < -0.39 is 6.10 Å². The van der Waals surface area contributed by atoms with Crippen molar-refractivity contribution in [3.63, 3.8) is 0 Å². The molecule has 0 aromatic carbocycles. The van der Waals surface area contributed by atoms with Gasteiger partial charge in [0, 0.05) is 12.3 Å². The van der Waals surface area contributed by atoms with Crippen LogP contribution >= 0.6 is 0 Å². The van der Waals surface area contributed by atoms with Crippen molar-refractivity contribution in [1.29, 1.82) is 0 Å². The second-order valence-corrected chi connectivity index (χ2v) is 9.75. The summed E-state index contributed by atoms with van der Waals surface area (Å²) in [7, 11) is 0. The fraction of sp³-hybridized carbons (Fsp3) is 0.760. The van der Waals surface area contributed by atoms with Gasteiger partial charge >= 0.3 is 11.9 Å². The number of cyclic esters (lactones) is 1. The molecular formula is C25H38O5. The molecule has 0 aromatic rings. The molecule has 0 saturated carbocycles. The Hall–Kier alpha value is -1.62. The lowest BCUT2D eigenvalue weighted by Crippen LogP contribution is -2.43. The summed E-state index contributed by atoms with van der Waals surface area (Å²) in [6, 6.07) is 0. The van der Waals surface area contributed by atoms with Crippen LogP contribution in [0.4, 0.5) is 0 Å². The molecule has 0 aromatic heterocycles. The number of aliphatic hydroxyl groups is 1. The van der Waals surface area contributed by atoms with Gasteiger partial charge in [0.25, 0.3) is 0 Å². The minimum atomic E-state index is -0.600. The lowest BCUT2D eigenvalue weighted by molar-refractivity contribution is -0.162. The maximum absolute atomic E-state index is 12.6. The zero-order valence-corrected chi connectivity index (χ0v) is 19.1. The minimum Gasteiger partial charge on any atom is -0.462 e. The van der Waals surface area contributed by atoms with Crippen LogP contribution in [-0.4, -0.2) is 35.4 Å². The zero-order chi connectivity index (χ0) is 22.0. The Balaban J connectivity index is 1.79. The van der Waals surface area contributed by atoms with Crippen LogP contribution in [0.2, 0.25) is 0 Å².